The Balaban J connectivity index is 0.00000274. The number of fused-ring (bicyclic) bond motifs is 2. The molecule has 0 spiro atoms. The Bertz CT molecular complexity index is 5330. The summed E-state index contributed by atoms with van der Waals surface area (Å²) in [5.41, 5.74) is -1.85. The normalized spacial score (nSPS) is 12.7. The molecule has 0 fully saturated rings. The van der Waals surface area contributed by atoms with Gasteiger partial charge in [0.25, 0.3) is 78.7 Å². The minimum atomic E-state index is -5.70. The number of azo groups is 4. The van der Waals surface area contributed by atoms with Crippen molar-refractivity contribution in [2.45, 2.75) is 29.4 Å². The Hall–Kier alpha value is -10.2. The third-order valence-electron chi connectivity index (χ3n) is 11.3. The van der Waals surface area contributed by atoms with Crippen molar-refractivity contribution in [1.29, 1.82) is 0 Å². The summed E-state index contributed by atoms with van der Waals surface area (Å²) in [4.78, 5) is 14.8. The van der Waals surface area contributed by atoms with Gasteiger partial charge in [-0.1, -0.05) is 6.07 Å². The molecule has 47 heteroatoms. The van der Waals surface area contributed by atoms with E-state index in [1.165, 1.54) is 0 Å². The maximum absolute atomic E-state index is 13.1. The Labute approximate surface area is 495 Å². The molecule has 0 aliphatic heterocycles. The van der Waals surface area contributed by atoms with Crippen molar-refractivity contribution in [3.63, 3.8) is 0 Å². The van der Waals surface area contributed by atoms with E-state index < -0.39 is 207 Å². The number of carbonyl (C=O) groups excluding carboxylic acids is 1. The summed E-state index contributed by atoms with van der Waals surface area (Å²) >= 11 is 0. The summed E-state index contributed by atoms with van der Waals surface area (Å²) in [5, 5.41) is 74.9. The first kappa shape index (κ1) is 66.3. The summed E-state index contributed by atoms with van der Waals surface area (Å²) < 4.78 is 240. The number of rotatable bonds is 18. The van der Waals surface area contributed by atoms with E-state index in [1.54, 1.807) is 0 Å². The maximum Gasteiger partial charge on any atom is 0.425 e. The van der Waals surface area contributed by atoms with Gasteiger partial charge in [-0.3, -0.25) is 42.2 Å². The predicted molar refractivity (Wildman–Crippen MR) is 292 cm³/mol. The van der Waals surface area contributed by atoms with Crippen LogP contribution in [0.5, 0.6) is 23.3 Å². The first-order chi connectivity index (χ1) is 41.1. The van der Waals surface area contributed by atoms with Crippen LogP contribution in [0.15, 0.2) is 167 Å². The number of nitrogens with two attached hydrogens (primary N) is 1. The minimum absolute atomic E-state index is 0.110. The number of nitrogen functional groups attached to an aromatic ring is 1. The second kappa shape index (κ2) is 24.5. The number of hydrogen-bond acceptors (Lipinski definition) is 32. The van der Waals surface area contributed by atoms with E-state index in [2.05, 4.69) is 46.0 Å². The molecule has 0 aliphatic rings. The second-order valence-electron chi connectivity index (χ2n) is 16.8. The topological polar surface area (TPSA) is 650 Å². The lowest BCUT2D eigenvalue weighted by molar-refractivity contribution is -0.385. The van der Waals surface area contributed by atoms with Crippen molar-refractivity contribution >= 4 is 156 Å². The monoisotopic (exact) mass is 1370 g/mol. The van der Waals surface area contributed by atoms with Crippen LogP contribution in [0, 0.1) is 10.1 Å². The van der Waals surface area contributed by atoms with Crippen molar-refractivity contribution in [2.24, 2.45) is 40.9 Å². The number of phenolic OH excluding ortho intramolecular Hbond substituents is 2. The molecule has 0 aliphatic carbocycles. The molecule has 1 heterocycles. The smallest absolute Gasteiger partial charge is 0.425 e. The van der Waals surface area contributed by atoms with Crippen molar-refractivity contribution in [3.05, 3.63) is 107 Å². The highest BCUT2D eigenvalue weighted by Crippen LogP contribution is 2.49. The van der Waals surface area contributed by atoms with Gasteiger partial charge in [-0.15, -0.1) is 53.5 Å². The number of ether oxygens (including phenoxy) is 1. The summed E-state index contributed by atoms with van der Waals surface area (Å²) in [6, 6.07) is 12.3. The highest BCUT2D eigenvalue weighted by molar-refractivity contribution is 7.87. The van der Waals surface area contributed by atoms with Crippen molar-refractivity contribution in [2.75, 3.05) is 5.73 Å². The SMILES string of the molecule is Nc1c(N=Nc2ccc3c(O)c(N=Nc4ccc(N=Nc5c(OC=O)nn(-c6ccc(S(=O)(=O)O)cc6)c5O)c(S(=O)(=O)O)c4)c(S(=O)(=O)O)cc3c2S(=O)(=O)O)cc(S(=O)(=O)O)c2ccc(N=Nc3ccc([N+](=O)[O-])cc3S(=O)(=O)O)c(O)c12.O=S(=O)=O. The standard InChI is InChI=1S/C42H28N12O25S6.O3S/c43-35-29(16-30(81(64,65)66)23-8-11-27(39(57)34(23)35)47-45-26-10-4-20(54(59)60)14-32(26)83(70,71)72)49-48-28-12-7-22-24(40(28)85(76,77)78)15-33(84(73,74)75)36(38(22)56)50-44-18-1-9-25(31(13-18)82(67,68)69)46-51-37-41(79-17-55)52-53(42(37)58)19-2-5-21(6-3-19)80(61,62)63;1-4(2)3/h1-17,56-58H,43H2,(H,61,62,63)(H,64,65,66)(H,67,68,69)(H,70,71,72)(H,73,74,75)(H,76,77,78);. The van der Waals surface area contributed by atoms with Gasteiger partial charge in [0.2, 0.25) is 11.6 Å². The van der Waals surface area contributed by atoms with Crippen LogP contribution in [0.4, 0.5) is 56.9 Å². The predicted octanol–water partition coefficient (Wildman–Crippen LogP) is 6.46. The molecule has 466 valence electrons. The van der Waals surface area contributed by atoms with Crippen molar-refractivity contribution in [3.8, 4) is 28.9 Å². The number of benzene rings is 7. The van der Waals surface area contributed by atoms with Crippen LogP contribution < -0.4 is 10.5 Å². The lowest BCUT2D eigenvalue weighted by atomic mass is 10.1. The molecule has 40 nitrogen and oxygen atoms in total. The van der Waals surface area contributed by atoms with E-state index in [-0.39, 0.29) is 12.2 Å². The summed E-state index contributed by atoms with van der Waals surface area (Å²) in [6.07, 6.45) is 0. The Morgan fingerprint density at radius 2 is 1.01 bits per heavy atom. The molecular formula is C42H28N12O28S7. The average molecular weight is 1370 g/mol. The third kappa shape index (κ3) is 14.6. The van der Waals surface area contributed by atoms with Gasteiger partial charge >= 0.3 is 10.6 Å². The number of aromatic nitrogens is 2. The zero-order chi connectivity index (χ0) is 66.3. The van der Waals surface area contributed by atoms with Gasteiger partial charge in [0.05, 0.1) is 32.3 Å². The molecule has 0 saturated heterocycles. The van der Waals surface area contributed by atoms with Gasteiger partial charge in [-0.05, 0) is 78.9 Å². The molecule has 0 saturated carbocycles. The van der Waals surface area contributed by atoms with Crippen LogP contribution in [0.1, 0.15) is 0 Å². The van der Waals surface area contributed by atoms with Crippen LogP contribution in [0.25, 0.3) is 27.2 Å². The fourth-order valence-electron chi connectivity index (χ4n) is 7.59. The molecule has 7 aromatic carbocycles. The third-order valence-corrected chi connectivity index (χ3v) is 16.6. The van der Waals surface area contributed by atoms with E-state index in [9.17, 15) is 108 Å². The Morgan fingerprint density at radius 3 is 1.56 bits per heavy atom. The van der Waals surface area contributed by atoms with Gasteiger partial charge in [-0.2, -0.15) is 60.3 Å². The summed E-state index contributed by atoms with van der Waals surface area (Å²) in [5.74, 6) is -4.11. The number of nitro benzene ring substituents is 1. The number of hydrogen-bond donors (Lipinski definition) is 10. The van der Waals surface area contributed by atoms with Gasteiger partial charge in [0.1, 0.15) is 58.6 Å². The molecule has 1 aromatic heterocycles. The average Bonchev–Trinajstić information content (AvgIpc) is 1.40. The minimum Gasteiger partial charge on any atom is -0.505 e. The first-order valence-corrected chi connectivity index (χ1v) is 31.9. The Morgan fingerprint density at radius 1 is 0.517 bits per heavy atom. The number of nitrogens with zero attached hydrogens (tertiary/aromatic N) is 11. The quantitative estimate of drug-likeness (QED) is 0.0110. The molecule has 11 N–H and O–H groups in total. The van der Waals surface area contributed by atoms with Crippen molar-refractivity contribution < 1.29 is 120 Å². The highest BCUT2D eigenvalue weighted by atomic mass is 32.2. The zero-order valence-electron chi connectivity index (χ0n) is 42.5. The molecule has 0 radical (unpaired) electrons. The fourth-order valence-corrected chi connectivity index (χ4v) is 11.5. The molecule has 89 heavy (non-hydrogen) atoms. The fraction of sp³-hybridized carbons (Fsp3) is 0. The molecule has 0 atom stereocenters. The van der Waals surface area contributed by atoms with E-state index in [0.717, 1.165) is 66.7 Å². The summed E-state index contributed by atoms with van der Waals surface area (Å²) in [6.45, 7) is -0.162. The number of aromatic hydroxyl groups is 3. The van der Waals surface area contributed by atoms with E-state index in [1.807, 2.05) is 0 Å². The number of nitro groups is 1. The lowest BCUT2D eigenvalue weighted by Crippen LogP contribution is -2.03. The van der Waals surface area contributed by atoms with Crippen LogP contribution in [-0.2, 0) is 76.1 Å². The zero-order valence-corrected chi connectivity index (χ0v) is 48.2. The van der Waals surface area contributed by atoms with Crippen LogP contribution in [0.3, 0.4) is 0 Å². The van der Waals surface area contributed by atoms with Gasteiger partial charge in [-0.25, -0.2) is 0 Å². The van der Waals surface area contributed by atoms with Crippen molar-refractivity contribution in [1.82, 2.24) is 9.78 Å². The van der Waals surface area contributed by atoms with Crippen LogP contribution >= 0.6 is 0 Å². The maximum atomic E-state index is 13.1. The van der Waals surface area contributed by atoms with Gasteiger partial charge in [0.15, 0.2) is 11.5 Å². The number of phenols is 2. The lowest BCUT2D eigenvalue weighted by Gasteiger charge is -2.13. The molecule has 8 rings (SSSR count). The van der Waals surface area contributed by atoms with Gasteiger partial charge in [0, 0.05) is 28.3 Å². The Kier molecular flexibility index (Phi) is 18.3. The van der Waals surface area contributed by atoms with Crippen LogP contribution in [-0.4, -0.2) is 127 Å². The second-order valence-corrected chi connectivity index (χ2v) is 25.5. The van der Waals surface area contributed by atoms with E-state index in [0.29, 0.717) is 35.0 Å². The number of carbonyl (C=O) groups is 1. The van der Waals surface area contributed by atoms with E-state index in [4.69, 9.17) is 23.1 Å². The summed E-state index contributed by atoms with van der Waals surface area (Å²) in [7, 11) is -35.0. The molecular weight excluding hydrogens is 1340 g/mol. The molecule has 0 amide bonds. The molecule has 0 unspecified atom stereocenters. The number of anilines is 1. The highest BCUT2D eigenvalue weighted by Gasteiger charge is 2.30. The van der Waals surface area contributed by atoms with E-state index >= 15 is 0 Å². The first-order valence-electron chi connectivity index (χ1n) is 22.3. The molecule has 0 bridgehead atoms. The largest absolute Gasteiger partial charge is 0.505 e. The number of non-ortho nitro benzene ring substituents is 1. The van der Waals surface area contributed by atoms with Crippen LogP contribution in [0.2, 0.25) is 0 Å². The van der Waals surface area contributed by atoms with Gasteiger partial charge < -0.3 is 25.8 Å². The molecule has 8 aromatic rings.